The van der Waals surface area contributed by atoms with Crippen LogP contribution in [0.3, 0.4) is 0 Å². The second-order valence-corrected chi connectivity index (χ2v) is 4.23. The fourth-order valence-electron chi connectivity index (χ4n) is 2.14. The lowest BCUT2D eigenvalue weighted by Crippen LogP contribution is -2.34. The quantitative estimate of drug-likeness (QED) is 0.838. The monoisotopic (exact) mass is 264 g/mol. The fourth-order valence-corrected chi connectivity index (χ4v) is 2.14. The molecular formula is C13H16N2O4. The predicted molar refractivity (Wildman–Crippen MR) is 68.1 cm³/mol. The number of hydrogen-bond acceptors (Lipinski definition) is 3. The number of carboxylic acid groups (broad SMARTS) is 1. The number of urea groups is 1. The average Bonchev–Trinajstić information content (AvgIpc) is 2.71. The Morgan fingerprint density at radius 1 is 1.58 bits per heavy atom. The van der Waals surface area contributed by atoms with Crippen LogP contribution in [-0.2, 0) is 4.79 Å². The van der Waals surface area contributed by atoms with Crippen molar-refractivity contribution in [2.75, 3.05) is 19.7 Å². The first kappa shape index (κ1) is 13.2. The van der Waals surface area contributed by atoms with Crippen molar-refractivity contribution in [3.05, 3.63) is 29.8 Å². The first-order valence-electron chi connectivity index (χ1n) is 6.11. The summed E-state index contributed by atoms with van der Waals surface area (Å²) >= 11 is 0. The van der Waals surface area contributed by atoms with Crippen LogP contribution in [0.25, 0.3) is 0 Å². The molecule has 19 heavy (non-hydrogen) atoms. The third kappa shape index (κ3) is 2.96. The van der Waals surface area contributed by atoms with E-state index in [-0.39, 0.29) is 18.6 Å². The highest BCUT2D eigenvalue weighted by atomic mass is 16.5. The number of carboxylic acids is 1. The van der Waals surface area contributed by atoms with Gasteiger partial charge in [0.2, 0.25) is 0 Å². The van der Waals surface area contributed by atoms with E-state index in [2.05, 4.69) is 5.32 Å². The molecule has 1 saturated heterocycles. The van der Waals surface area contributed by atoms with E-state index in [1.165, 1.54) is 4.90 Å². The van der Waals surface area contributed by atoms with Crippen LogP contribution in [0.1, 0.15) is 18.5 Å². The molecule has 1 aromatic carbocycles. The lowest BCUT2D eigenvalue weighted by molar-refractivity contribution is -0.137. The van der Waals surface area contributed by atoms with Crippen molar-refractivity contribution in [1.82, 2.24) is 10.2 Å². The van der Waals surface area contributed by atoms with Gasteiger partial charge >= 0.3 is 12.0 Å². The maximum absolute atomic E-state index is 11.6. The van der Waals surface area contributed by atoms with E-state index in [1.54, 1.807) is 0 Å². The standard InChI is InChI=1S/C13H16N2O4/c1-2-19-10-5-3-4-9(6-10)11-7-14-13(18)15(11)8-12(16)17/h3-6,11H,2,7-8H2,1H3,(H,14,18)(H,16,17). The van der Waals surface area contributed by atoms with Gasteiger partial charge in [0.15, 0.2) is 0 Å². The Morgan fingerprint density at radius 2 is 2.37 bits per heavy atom. The number of hydrogen-bond donors (Lipinski definition) is 2. The molecule has 1 aliphatic heterocycles. The second kappa shape index (κ2) is 5.60. The maximum Gasteiger partial charge on any atom is 0.323 e. The Hall–Kier alpha value is -2.24. The van der Waals surface area contributed by atoms with Gasteiger partial charge < -0.3 is 20.1 Å². The average molecular weight is 264 g/mol. The number of rotatable bonds is 5. The first-order valence-corrected chi connectivity index (χ1v) is 6.11. The Bertz CT molecular complexity index is 489. The zero-order valence-electron chi connectivity index (χ0n) is 10.6. The van der Waals surface area contributed by atoms with E-state index in [1.807, 2.05) is 31.2 Å². The van der Waals surface area contributed by atoms with E-state index >= 15 is 0 Å². The van der Waals surface area contributed by atoms with Crippen molar-refractivity contribution in [3.63, 3.8) is 0 Å². The molecule has 1 fully saturated rings. The SMILES string of the molecule is CCOc1cccc(C2CNC(=O)N2CC(=O)O)c1. The topological polar surface area (TPSA) is 78.9 Å². The third-order valence-corrected chi connectivity index (χ3v) is 2.94. The summed E-state index contributed by atoms with van der Waals surface area (Å²) < 4.78 is 5.41. The molecule has 6 heteroatoms. The van der Waals surface area contributed by atoms with Crippen LogP contribution in [0, 0.1) is 0 Å². The largest absolute Gasteiger partial charge is 0.494 e. The van der Waals surface area contributed by atoms with E-state index in [0.29, 0.717) is 13.2 Å². The molecule has 0 spiro atoms. The molecule has 2 amide bonds. The van der Waals surface area contributed by atoms with Crippen LogP contribution in [0.2, 0.25) is 0 Å². The molecule has 6 nitrogen and oxygen atoms in total. The number of nitrogens with one attached hydrogen (secondary N) is 1. The van der Waals surface area contributed by atoms with Gasteiger partial charge in [-0.2, -0.15) is 0 Å². The lowest BCUT2D eigenvalue weighted by Gasteiger charge is -2.21. The summed E-state index contributed by atoms with van der Waals surface area (Å²) in [6.45, 7) is 2.55. The first-order chi connectivity index (χ1) is 9.11. The number of carbonyl (C=O) groups is 2. The summed E-state index contributed by atoms with van der Waals surface area (Å²) in [5.74, 6) is -0.308. The van der Waals surface area contributed by atoms with Crippen molar-refractivity contribution in [1.29, 1.82) is 0 Å². The van der Waals surface area contributed by atoms with Crippen molar-refractivity contribution in [2.24, 2.45) is 0 Å². The van der Waals surface area contributed by atoms with E-state index in [9.17, 15) is 9.59 Å². The molecular weight excluding hydrogens is 248 g/mol. The van der Waals surface area contributed by atoms with E-state index in [0.717, 1.165) is 11.3 Å². The van der Waals surface area contributed by atoms with Gasteiger partial charge in [0, 0.05) is 6.54 Å². The molecule has 2 rings (SSSR count). The van der Waals surface area contributed by atoms with E-state index < -0.39 is 5.97 Å². The zero-order valence-corrected chi connectivity index (χ0v) is 10.6. The van der Waals surface area contributed by atoms with Gasteiger partial charge in [0.05, 0.1) is 12.6 Å². The van der Waals surface area contributed by atoms with Crippen molar-refractivity contribution < 1.29 is 19.4 Å². The Balaban J connectivity index is 2.21. The summed E-state index contributed by atoms with van der Waals surface area (Å²) in [6, 6.07) is 6.74. The van der Waals surface area contributed by atoms with Gasteiger partial charge in [0.25, 0.3) is 0 Å². The molecule has 2 N–H and O–H groups in total. The van der Waals surface area contributed by atoms with Gasteiger partial charge in [0.1, 0.15) is 12.3 Å². The number of benzene rings is 1. The molecule has 102 valence electrons. The summed E-state index contributed by atoms with van der Waals surface area (Å²) in [5.41, 5.74) is 0.866. The molecule has 0 aromatic heterocycles. The minimum absolute atomic E-state index is 0.274. The lowest BCUT2D eigenvalue weighted by atomic mass is 10.1. The number of ether oxygens (including phenoxy) is 1. The number of aliphatic carboxylic acids is 1. The number of amides is 2. The Morgan fingerprint density at radius 3 is 3.05 bits per heavy atom. The molecule has 0 radical (unpaired) electrons. The Kier molecular flexibility index (Phi) is 3.89. The predicted octanol–water partition coefficient (Wildman–Crippen LogP) is 1.24. The molecule has 0 saturated carbocycles. The van der Waals surface area contributed by atoms with Crippen molar-refractivity contribution in [2.45, 2.75) is 13.0 Å². The molecule has 0 bridgehead atoms. The second-order valence-electron chi connectivity index (χ2n) is 4.23. The van der Waals surface area contributed by atoms with Crippen LogP contribution in [0.4, 0.5) is 4.79 Å². The van der Waals surface area contributed by atoms with Crippen LogP contribution in [-0.4, -0.2) is 41.7 Å². The van der Waals surface area contributed by atoms with Crippen LogP contribution < -0.4 is 10.1 Å². The molecule has 1 heterocycles. The van der Waals surface area contributed by atoms with E-state index in [4.69, 9.17) is 9.84 Å². The smallest absolute Gasteiger partial charge is 0.323 e. The minimum atomic E-state index is -1.02. The summed E-state index contributed by atoms with van der Waals surface area (Å²) in [7, 11) is 0. The Labute approximate surface area is 111 Å². The fraction of sp³-hybridized carbons (Fsp3) is 0.385. The summed E-state index contributed by atoms with van der Waals surface area (Å²) in [4.78, 5) is 23.7. The van der Waals surface area contributed by atoms with Crippen molar-refractivity contribution >= 4 is 12.0 Å². The normalized spacial score (nSPS) is 18.3. The highest BCUT2D eigenvalue weighted by Crippen LogP contribution is 2.27. The van der Waals surface area contributed by atoms with Gasteiger partial charge in [-0.1, -0.05) is 12.1 Å². The summed E-state index contributed by atoms with van der Waals surface area (Å²) in [5, 5.41) is 11.5. The number of nitrogens with zero attached hydrogens (tertiary/aromatic N) is 1. The third-order valence-electron chi connectivity index (χ3n) is 2.94. The highest BCUT2D eigenvalue weighted by Gasteiger charge is 2.33. The van der Waals surface area contributed by atoms with Crippen molar-refractivity contribution in [3.8, 4) is 5.75 Å². The molecule has 1 aliphatic rings. The van der Waals surface area contributed by atoms with Crippen LogP contribution in [0.5, 0.6) is 5.75 Å². The number of carbonyl (C=O) groups excluding carboxylic acids is 1. The van der Waals surface area contributed by atoms with Crippen LogP contribution >= 0.6 is 0 Å². The van der Waals surface area contributed by atoms with Gasteiger partial charge in [-0.3, -0.25) is 4.79 Å². The molecule has 1 aromatic rings. The highest BCUT2D eigenvalue weighted by molar-refractivity contribution is 5.82. The minimum Gasteiger partial charge on any atom is -0.494 e. The van der Waals surface area contributed by atoms with Gasteiger partial charge in [-0.15, -0.1) is 0 Å². The summed E-state index contributed by atoms with van der Waals surface area (Å²) in [6.07, 6.45) is 0. The van der Waals surface area contributed by atoms with Crippen LogP contribution in [0.15, 0.2) is 24.3 Å². The molecule has 1 atom stereocenters. The van der Waals surface area contributed by atoms with Gasteiger partial charge in [-0.05, 0) is 24.6 Å². The maximum atomic E-state index is 11.6. The molecule has 0 aliphatic carbocycles. The van der Waals surface area contributed by atoms with Gasteiger partial charge in [-0.25, -0.2) is 4.79 Å². The zero-order chi connectivity index (χ0) is 13.8. The molecule has 1 unspecified atom stereocenters.